The SMILES string of the molecule is CCCCCCCCN1CC(C)NCC1CC. The summed E-state index contributed by atoms with van der Waals surface area (Å²) < 4.78 is 0. The molecule has 1 aliphatic heterocycles. The van der Waals surface area contributed by atoms with Gasteiger partial charge in [-0.05, 0) is 26.3 Å². The third kappa shape index (κ3) is 5.87. The fourth-order valence-corrected chi connectivity index (χ4v) is 2.80. The first kappa shape index (κ1) is 15.0. The molecule has 1 N–H and O–H groups in total. The van der Waals surface area contributed by atoms with Crippen LogP contribution in [0.5, 0.6) is 0 Å². The van der Waals surface area contributed by atoms with Gasteiger partial charge in [-0.3, -0.25) is 4.90 Å². The van der Waals surface area contributed by atoms with E-state index in [1.807, 2.05) is 0 Å². The summed E-state index contributed by atoms with van der Waals surface area (Å²) in [5, 5.41) is 3.59. The number of unbranched alkanes of at least 4 members (excludes halogenated alkanes) is 5. The first-order valence-electron chi connectivity index (χ1n) is 7.75. The van der Waals surface area contributed by atoms with E-state index in [0.717, 1.165) is 6.04 Å². The Morgan fingerprint density at radius 2 is 1.76 bits per heavy atom. The zero-order chi connectivity index (χ0) is 12.5. The summed E-state index contributed by atoms with van der Waals surface area (Å²) in [6.07, 6.45) is 9.75. The Morgan fingerprint density at radius 3 is 2.47 bits per heavy atom. The van der Waals surface area contributed by atoms with Crippen LogP contribution in [0.2, 0.25) is 0 Å². The van der Waals surface area contributed by atoms with Crippen molar-refractivity contribution >= 4 is 0 Å². The lowest BCUT2D eigenvalue weighted by molar-refractivity contribution is 0.129. The third-order valence-corrected chi connectivity index (χ3v) is 4.00. The maximum atomic E-state index is 3.59. The quantitative estimate of drug-likeness (QED) is 0.654. The van der Waals surface area contributed by atoms with E-state index in [-0.39, 0.29) is 0 Å². The van der Waals surface area contributed by atoms with Crippen molar-refractivity contribution in [1.82, 2.24) is 10.2 Å². The molecule has 0 bridgehead atoms. The Hall–Kier alpha value is -0.0800. The maximum absolute atomic E-state index is 3.59. The Balaban J connectivity index is 2.10. The maximum Gasteiger partial charge on any atom is 0.0218 e. The van der Waals surface area contributed by atoms with Crippen LogP contribution in [0.1, 0.15) is 65.7 Å². The molecule has 2 heteroatoms. The Bertz CT molecular complexity index is 182. The molecule has 0 spiro atoms. The van der Waals surface area contributed by atoms with Gasteiger partial charge in [0.05, 0.1) is 0 Å². The van der Waals surface area contributed by atoms with E-state index in [9.17, 15) is 0 Å². The van der Waals surface area contributed by atoms with Gasteiger partial charge in [-0.25, -0.2) is 0 Å². The lowest BCUT2D eigenvalue weighted by Crippen LogP contribution is -2.55. The van der Waals surface area contributed by atoms with Gasteiger partial charge in [-0.15, -0.1) is 0 Å². The highest BCUT2D eigenvalue weighted by molar-refractivity contribution is 4.83. The first-order chi connectivity index (χ1) is 8.27. The topological polar surface area (TPSA) is 15.3 Å². The van der Waals surface area contributed by atoms with Crippen LogP contribution >= 0.6 is 0 Å². The summed E-state index contributed by atoms with van der Waals surface area (Å²) in [4.78, 5) is 2.71. The number of nitrogens with one attached hydrogen (secondary N) is 1. The van der Waals surface area contributed by atoms with E-state index in [4.69, 9.17) is 0 Å². The molecule has 0 aromatic rings. The Kier molecular flexibility index (Phi) is 7.87. The summed E-state index contributed by atoms with van der Waals surface area (Å²) in [5.74, 6) is 0. The molecule has 1 fully saturated rings. The summed E-state index contributed by atoms with van der Waals surface area (Å²) in [6.45, 7) is 10.7. The van der Waals surface area contributed by atoms with Gasteiger partial charge in [-0.1, -0.05) is 46.0 Å². The van der Waals surface area contributed by atoms with Gasteiger partial charge in [-0.2, -0.15) is 0 Å². The second kappa shape index (κ2) is 8.93. The minimum atomic E-state index is 0.679. The summed E-state index contributed by atoms with van der Waals surface area (Å²) >= 11 is 0. The molecule has 0 aromatic heterocycles. The van der Waals surface area contributed by atoms with E-state index >= 15 is 0 Å². The number of hydrogen-bond donors (Lipinski definition) is 1. The predicted molar refractivity (Wildman–Crippen MR) is 76.5 cm³/mol. The minimum absolute atomic E-state index is 0.679. The van der Waals surface area contributed by atoms with E-state index in [0.29, 0.717) is 6.04 Å². The van der Waals surface area contributed by atoms with Crippen molar-refractivity contribution in [2.45, 2.75) is 77.8 Å². The zero-order valence-electron chi connectivity index (χ0n) is 12.2. The van der Waals surface area contributed by atoms with Gasteiger partial charge in [0.1, 0.15) is 0 Å². The number of nitrogens with zero attached hydrogens (tertiary/aromatic N) is 1. The highest BCUT2D eigenvalue weighted by atomic mass is 15.2. The molecule has 1 saturated heterocycles. The van der Waals surface area contributed by atoms with Gasteiger partial charge < -0.3 is 5.32 Å². The van der Waals surface area contributed by atoms with E-state index in [1.54, 1.807) is 0 Å². The van der Waals surface area contributed by atoms with Crippen LogP contribution in [0.25, 0.3) is 0 Å². The number of piperazine rings is 1. The van der Waals surface area contributed by atoms with Crippen LogP contribution in [0.15, 0.2) is 0 Å². The van der Waals surface area contributed by atoms with Crippen molar-refractivity contribution in [2.75, 3.05) is 19.6 Å². The van der Waals surface area contributed by atoms with Crippen LogP contribution in [-0.2, 0) is 0 Å². The molecule has 1 aliphatic rings. The molecule has 17 heavy (non-hydrogen) atoms. The third-order valence-electron chi connectivity index (χ3n) is 4.00. The average Bonchev–Trinajstić information content (AvgIpc) is 2.34. The van der Waals surface area contributed by atoms with E-state index in [2.05, 4.69) is 31.0 Å². The van der Waals surface area contributed by atoms with Crippen LogP contribution in [0.3, 0.4) is 0 Å². The Morgan fingerprint density at radius 1 is 1.06 bits per heavy atom. The van der Waals surface area contributed by atoms with Crippen LogP contribution < -0.4 is 5.32 Å². The summed E-state index contributed by atoms with van der Waals surface area (Å²) in [6, 6.07) is 1.46. The molecule has 0 amide bonds. The van der Waals surface area contributed by atoms with Gasteiger partial charge in [0.15, 0.2) is 0 Å². The summed E-state index contributed by atoms with van der Waals surface area (Å²) in [5.41, 5.74) is 0. The number of hydrogen-bond acceptors (Lipinski definition) is 2. The fraction of sp³-hybridized carbons (Fsp3) is 1.00. The molecule has 1 rings (SSSR count). The van der Waals surface area contributed by atoms with Gasteiger partial charge in [0.25, 0.3) is 0 Å². The molecular formula is C15H32N2. The van der Waals surface area contributed by atoms with Crippen molar-refractivity contribution < 1.29 is 0 Å². The fourth-order valence-electron chi connectivity index (χ4n) is 2.80. The van der Waals surface area contributed by atoms with Gasteiger partial charge in [0.2, 0.25) is 0 Å². The van der Waals surface area contributed by atoms with Crippen molar-refractivity contribution in [3.05, 3.63) is 0 Å². The average molecular weight is 240 g/mol. The second-order valence-corrected chi connectivity index (χ2v) is 5.63. The minimum Gasteiger partial charge on any atom is -0.311 e. The lowest BCUT2D eigenvalue weighted by atomic mass is 10.1. The standard InChI is InChI=1S/C15H32N2/c1-4-6-7-8-9-10-11-17-13-14(3)16-12-15(17)5-2/h14-16H,4-13H2,1-3H3. The predicted octanol–water partition coefficient (Wildman–Crippen LogP) is 3.42. The molecule has 0 saturated carbocycles. The molecule has 1 heterocycles. The van der Waals surface area contributed by atoms with Crippen LogP contribution in [-0.4, -0.2) is 36.6 Å². The zero-order valence-corrected chi connectivity index (χ0v) is 12.2. The van der Waals surface area contributed by atoms with Gasteiger partial charge in [0, 0.05) is 25.2 Å². The largest absolute Gasteiger partial charge is 0.311 e. The van der Waals surface area contributed by atoms with Crippen molar-refractivity contribution in [3.63, 3.8) is 0 Å². The molecule has 2 nitrogen and oxygen atoms in total. The molecule has 2 atom stereocenters. The van der Waals surface area contributed by atoms with E-state index in [1.165, 1.54) is 64.6 Å². The lowest BCUT2D eigenvalue weighted by Gasteiger charge is -2.39. The summed E-state index contributed by atoms with van der Waals surface area (Å²) in [7, 11) is 0. The van der Waals surface area contributed by atoms with Crippen molar-refractivity contribution in [1.29, 1.82) is 0 Å². The molecule has 2 unspecified atom stereocenters. The second-order valence-electron chi connectivity index (χ2n) is 5.63. The smallest absolute Gasteiger partial charge is 0.0218 e. The van der Waals surface area contributed by atoms with Crippen LogP contribution in [0, 0.1) is 0 Å². The monoisotopic (exact) mass is 240 g/mol. The van der Waals surface area contributed by atoms with Crippen LogP contribution in [0.4, 0.5) is 0 Å². The molecule has 0 aliphatic carbocycles. The van der Waals surface area contributed by atoms with Crippen molar-refractivity contribution in [2.24, 2.45) is 0 Å². The highest BCUT2D eigenvalue weighted by Crippen LogP contribution is 2.12. The van der Waals surface area contributed by atoms with E-state index < -0.39 is 0 Å². The van der Waals surface area contributed by atoms with Gasteiger partial charge >= 0.3 is 0 Å². The molecular weight excluding hydrogens is 208 g/mol. The highest BCUT2D eigenvalue weighted by Gasteiger charge is 2.23. The van der Waals surface area contributed by atoms with Crippen molar-refractivity contribution in [3.8, 4) is 0 Å². The first-order valence-corrected chi connectivity index (χ1v) is 7.75. The molecule has 102 valence electrons. The normalized spacial score (nSPS) is 26.3. The number of rotatable bonds is 8. The molecule has 0 aromatic carbocycles. The molecule has 0 radical (unpaired) electrons. The Labute approximate surface area is 108 Å².